The van der Waals surface area contributed by atoms with Crippen LogP contribution in [0, 0.1) is 0 Å². The summed E-state index contributed by atoms with van der Waals surface area (Å²) in [6.07, 6.45) is 0. The molecule has 0 aliphatic heterocycles. The first kappa shape index (κ1) is 84.8. The molecule has 0 aromatic heterocycles. The van der Waals surface area contributed by atoms with Gasteiger partial charge >= 0.3 is 53.7 Å². The highest BCUT2D eigenvalue weighted by Gasteiger charge is 2.20. The topological polar surface area (TPSA) is 781 Å². The molecule has 0 amide bonds. The van der Waals surface area contributed by atoms with E-state index in [1.54, 1.807) is 0 Å². The minimum absolute atomic E-state index is 0.137. The number of carboxylic acid groups (broad SMARTS) is 9. The average Bonchev–Trinajstić information content (AvgIpc) is 0.846. The van der Waals surface area contributed by atoms with Crippen LogP contribution in [-0.4, -0.2) is 212 Å². The van der Waals surface area contributed by atoms with Crippen molar-refractivity contribution >= 4 is 53.7 Å². The van der Waals surface area contributed by atoms with E-state index in [0.717, 1.165) is 91.0 Å². The van der Waals surface area contributed by atoms with Crippen molar-refractivity contribution < 1.29 is 201 Å². The van der Waals surface area contributed by atoms with Crippen LogP contribution in [0.3, 0.4) is 0 Å². The zero-order valence-electron chi connectivity index (χ0n) is 50.8. The predicted molar refractivity (Wildman–Crippen MR) is 337 cm³/mol. The zero-order chi connectivity index (χ0) is 79.4. The number of carboxylic acids is 9. The molecule has 0 atom stereocenters. The van der Waals surface area contributed by atoms with Crippen LogP contribution in [0.5, 0.6) is 126 Å². The fourth-order valence-corrected chi connectivity index (χ4v) is 6.58. The van der Waals surface area contributed by atoms with Gasteiger partial charge in [0.05, 0.1) is 11.1 Å². The van der Waals surface area contributed by atoms with E-state index in [1.807, 2.05) is 0 Å². The smallest absolute Gasteiger partial charge is 0.343 e. The van der Waals surface area contributed by atoms with Gasteiger partial charge in [0, 0.05) is 18.2 Å². The Hall–Kier alpha value is -16.2. The highest BCUT2D eigenvalue weighted by Crippen LogP contribution is 2.39. The van der Waals surface area contributed by atoms with Gasteiger partial charge in [-0.3, -0.25) is 0 Å². The van der Waals surface area contributed by atoms with Gasteiger partial charge in [-0.1, -0.05) is 12.1 Å². The number of benzene rings is 9. The van der Waals surface area contributed by atoms with Crippen LogP contribution in [0.15, 0.2) is 140 Å². The molecule has 9 aromatic rings. The van der Waals surface area contributed by atoms with Gasteiger partial charge in [-0.2, -0.15) is 0 Å². The number of para-hydroxylation sites is 1. The zero-order valence-corrected chi connectivity index (χ0v) is 50.8. The normalized spacial score (nSPS) is 9.55. The van der Waals surface area contributed by atoms with Gasteiger partial charge in [-0.15, -0.1) is 0 Å². The molecule has 9 aromatic carbocycles. The van der Waals surface area contributed by atoms with Crippen molar-refractivity contribution in [3.05, 3.63) is 190 Å². The molecule has 0 saturated heterocycles. The van der Waals surface area contributed by atoms with E-state index in [9.17, 15) is 43.2 Å². The summed E-state index contributed by atoms with van der Waals surface area (Å²) in [5.74, 6) is -23.5. The van der Waals surface area contributed by atoms with E-state index >= 15 is 0 Å². The Kier molecular flexibility index (Phi) is 31.6. The van der Waals surface area contributed by atoms with E-state index in [4.69, 9.17) is 158 Å². The molecule has 0 radical (unpaired) electrons. The standard InChI is InChI=1S/4C7H6O5.5C7H6O4/c8-3-1-4(7(11)12)6(10)5(9)2-3;8-4-1-3(7(11)12)2-5(9)6(4)10;8-3-1-2-4(9)6(10)5(3)7(11)12;8-4-2-1-3(7(11)12)5(9)6(4)10;8-5-1-4(7(10)11)2-6(9)3-5;8-4-1-2-6(9)5(3-4)7(10)11;8-4-1-2-5(7(10)11)6(9)3-4;8-4-2-1-3-5(9)6(4)7(10)11;8-5-3-1-2-4(6(5)9)7(10)11/h4*1-2,8-10H,(H,11,12);5*1-3,8-9H,(H,10,11). The molecule has 0 heterocycles. The van der Waals surface area contributed by atoms with Gasteiger partial charge < -0.3 is 158 Å². The van der Waals surface area contributed by atoms with Crippen molar-refractivity contribution in [2.45, 2.75) is 0 Å². The number of phenolic OH excluding ortho intramolecular Hbond substituents is 13. The Morgan fingerprint density at radius 3 is 0.913 bits per heavy atom. The van der Waals surface area contributed by atoms with Gasteiger partial charge in [-0.05, 0) is 109 Å². The molecule has 546 valence electrons. The summed E-state index contributed by atoms with van der Waals surface area (Å²) >= 11 is 0. The maximum atomic E-state index is 10.4. The highest BCUT2D eigenvalue weighted by molar-refractivity contribution is 5.97. The molecular weight excluding hydrogens is 1400 g/mol. The molecule has 0 aliphatic rings. The Balaban J connectivity index is 0.000000580. The molecule has 0 saturated carbocycles. The summed E-state index contributed by atoms with van der Waals surface area (Å²) in [6.45, 7) is 0. The largest absolute Gasteiger partial charge is 0.508 e. The Morgan fingerprint density at radius 1 is 0.175 bits per heavy atom. The van der Waals surface area contributed by atoms with E-state index in [0.29, 0.717) is 0 Å². The lowest BCUT2D eigenvalue weighted by atomic mass is 10.1. The summed E-state index contributed by atoms with van der Waals surface area (Å²) in [5.41, 5.74) is -3.40. The van der Waals surface area contributed by atoms with Crippen LogP contribution in [0.1, 0.15) is 93.2 Å². The second-order valence-corrected chi connectivity index (χ2v) is 18.6. The number of aromatic carboxylic acids is 9. The van der Waals surface area contributed by atoms with Crippen LogP contribution in [-0.2, 0) is 0 Å². The SMILES string of the molecule is O=C(O)c1c(O)ccc(O)c1O.O=C(O)c1c(O)cccc1O.O=C(O)c1cc(O)c(O)c(O)c1.O=C(O)c1cc(O)cc(O)c1.O=C(O)c1cc(O)cc(O)c1O.O=C(O)c1cc(O)ccc1O.O=C(O)c1ccc(O)c(O)c1O.O=C(O)c1ccc(O)cc1O.O=C(O)c1cccc(O)c1O. The number of rotatable bonds is 9. The summed E-state index contributed by atoms with van der Waals surface area (Å²) in [6, 6.07) is 24.7. The van der Waals surface area contributed by atoms with Gasteiger partial charge in [0.15, 0.2) is 63.2 Å². The Labute approximate surface area is 569 Å². The van der Waals surface area contributed by atoms with E-state index < -0.39 is 174 Å². The lowest BCUT2D eigenvalue weighted by Crippen LogP contribution is -1.97. The lowest BCUT2D eigenvalue weighted by Gasteiger charge is -2.03. The monoisotopic (exact) mass is 1450 g/mol. The third-order valence-electron chi connectivity index (χ3n) is 11.4. The van der Waals surface area contributed by atoms with Gasteiger partial charge in [0.25, 0.3) is 0 Å². The molecule has 0 unspecified atom stereocenters. The van der Waals surface area contributed by atoms with Crippen molar-refractivity contribution in [1.29, 1.82) is 0 Å². The molecule has 40 heteroatoms. The first-order valence-electron chi connectivity index (χ1n) is 26.3. The minimum atomic E-state index is -1.50. The van der Waals surface area contributed by atoms with Crippen molar-refractivity contribution in [3.63, 3.8) is 0 Å². The van der Waals surface area contributed by atoms with Crippen molar-refractivity contribution in [2.24, 2.45) is 0 Å². The molecular formula is C63H54O40. The van der Waals surface area contributed by atoms with Gasteiger partial charge in [0.2, 0.25) is 5.75 Å². The van der Waals surface area contributed by atoms with E-state index in [2.05, 4.69) is 0 Å². The summed E-state index contributed by atoms with van der Waals surface area (Å²) in [4.78, 5) is 92.9. The molecule has 103 heavy (non-hydrogen) atoms. The van der Waals surface area contributed by atoms with Crippen LogP contribution >= 0.6 is 0 Å². The lowest BCUT2D eigenvalue weighted by molar-refractivity contribution is 0.0678. The number of aromatic hydroxyl groups is 22. The number of carbonyl (C=O) groups is 9. The van der Waals surface area contributed by atoms with E-state index in [-0.39, 0.29) is 56.6 Å². The van der Waals surface area contributed by atoms with Crippen LogP contribution in [0.4, 0.5) is 0 Å². The number of hydrogen-bond donors (Lipinski definition) is 31. The third kappa shape index (κ3) is 26.2. The molecule has 9 rings (SSSR count). The van der Waals surface area contributed by atoms with Gasteiger partial charge in [-0.25, -0.2) is 43.2 Å². The number of phenols is 22. The fourth-order valence-electron chi connectivity index (χ4n) is 6.58. The minimum Gasteiger partial charge on any atom is -0.508 e. The maximum absolute atomic E-state index is 10.4. The molecule has 0 aliphatic carbocycles. The molecule has 40 nitrogen and oxygen atoms in total. The molecule has 0 fully saturated rings. The van der Waals surface area contributed by atoms with E-state index in [1.165, 1.54) is 48.5 Å². The first-order chi connectivity index (χ1) is 47.7. The van der Waals surface area contributed by atoms with Crippen molar-refractivity contribution in [3.8, 4) is 126 Å². The summed E-state index contributed by atoms with van der Waals surface area (Å²) in [5, 5.41) is 271. The molecule has 0 spiro atoms. The second-order valence-electron chi connectivity index (χ2n) is 18.6. The second kappa shape index (κ2) is 38.4. The first-order valence-corrected chi connectivity index (χ1v) is 26.3. The fraction of sp³-hybridized carbons (Fsp3) is 0. The predicted octanol–water partition coefficient (Wildman–Crippen LogP) is 5.99. The molecule has 31 N–H and O–H groups in total. The maximum Gasteiger partial charge on any atom is 0.343 e. The Morgan fingerprint density at radius 2 is 0.495 bits per heavy atom. The summed E-state index contributed by atoms with van der Waals surface area (Å²) in [7, 11) is 0. The third-order valence-corrected chi connectivity index (χ3v) is 11.4. The van der Waals surface area contributed by atoms with Crippen molar-refractivity contribution in [1.82, 2.24) is 0 Å². The quantitative estimate of drug-likeness (QED) is 0.0583. The average molecular weight is 1450 g/mol. The Bertz CT molecular complexity index is 4540. The van der Waals surface area contributed by atoms with Gasteiger partial charge in [0.1, 0.15) is 96.4 Å². The molecule has 0 bridgehead atoms. The summed E-state index contributed by atoms with van der Waals surface area (Å²) < 4.78 is 0. The van der Waals surface area contributed by atoms with Crippen LogP contribution in [0.2, 0.25) is 0 Å². The van der Waals surface area contributed by atoms with Crippen molar-refractivity contribution in [2.75, 3.05) is 0 Å². The highest BCUT2D eigenvalue weighted by atomic mass is 16.4. The van der Waals surface area contributed by atoms with Crippen LogP contribution in [0.25, 0.3) is 0 Å². The number of hydrogen-bond acceptors (Lipinski definition) is 31. The van der Waals surface area contributed by atoms with Crippen LogP contribution < -0.4 is 0 Å².